The van der Waals surface area contributed by atoms with E-state index in [1.807, 2.05) is 32.3 Å². The first kappa shape index (κ1) is 21.0. The van der Waals surface area contributed by atoms with E-state index >= 15 is 0 Å². The number of imidazole rings is 1. The minimum absolute atomic E-state index is 0.00425. The summed E-state index contributed by atoms with van der Waals surface area (Å²) in [5.41, 5.74) is 5.55. The molecule has 3 aromatic rings. The lowest BCUT2D eigenvalue weighted by Gasteiger charge is -2.28. The minimum atomic E-state index is -0.00425. The second-order valence-corrected chi connectivity index (χ2v) is 9.34. The lowest BCUT2D eigenvalue weighted by Crippen LogP contribution is -2.36. The van der Waals surface area contributed by atoms with Gasteiger partial charge in [0.25, 0.3) is 5.91 Å². The van der Waals surface area contributed by atoms with Crippen LogP contribution in [0, 0.1) is 0 Å². The molecule has 2 aromatic carbocycles. The first-order valence-corrected chi connectivity index (χ1v) is 11.7. The highest BCUT2D eigenvalue weighted by Crippen LogP contribution is 2.36. The molecule has 5 rings (SSSR count). The van der Waals surface area contributed by atoms with Crippen molar-refractivity contribution in [1.82, 2.24) is 19.4 Å². The van der Waals surface area contributed by atoms with Crippen LogP contribution in [0.5, 0.6) is 0 Å². The van der Waals surface area contributed by atoms with Crippen LogP contribution in [-0.2, 0) is 25.9 Å². The van der Waals surface area contributed by atoms with Gasteiger partial charge in [-0.1, -0.05) is 61.5 Å². The van der Waals surface area contributed by atoms with E-state index in [-0.39, 0.29) is 5.91 Å². The number of hydrogen-bond donors (Lipinski definition) is 0. The molecule has 0 radical (unpaired) electrons. The highest BCUT2D eigenvalue weighted by Gasteiger charge is 2.40. The number of aryl methyl sites for hydroxylation is 1. The molecule has 32 heavy (non-hydrogen) atoms. The second kappa shape index (κ2) is 8.55. The zero-order valence-electron chi connectivity index (χ0n) is 19.3. The zero-order chi connectivity index (χ0) is 22.2. The fourth-order valence-electron chi connectivity index (χ4n) is 5.29. The summed E-state index contributed by atoms with van der Waals surface area (Å²) in [4.78, 5) is 22.3. The Morgan fingerprint density at radius 1 is 1.00 bits per heavy atom. The number of nitrogens with zero attached hydrogens (tertiary/aromatic N) is 4. The topological polar surface area (TPSA) is 41.4 Å². The fourth-order valence-corrected chi connectivity index (χ4v) is 5.29. The number of carbonyl (C=O) groups excluding carboxylic acids is 1. The molecule has 0 saturated carbocycles. The maximum atomic E-state index is 13.0. The van der Waals surface area contributed by atoms with Gasteiger partial charge in [0.15, 0.2) is 0 Å². The van der Waals surface area contributed by atoms with Gasteiger partial charge in [0.1, 0.15) is 11.5 Å². The van der Waals surface area contributed by atoms with Crippen molar-refractivity contribution in [3.63, 3.8) is 0 Å². The third-order valence-corrected chi connectivity index (χ3v) is 7.10. The molecular formula is C27H32N4O. The highest BCUT2D eigenvalue weighted by atomic mass is 16.2. The molecule has 1 amide bonds. The SMILES string of the molecule is CCc1ccc(CN2[C@@H]3CC[C@H]2Cc2c(C(=O)N(C)C)nc(-c4ccccc4)n2C3)cc1. The molecule has 2 aliphatic rings. The van der Waals surface area contributed by atoms with Gasteiger partial charge in [-0.05, 0) is 30.4 Å². The van der Waals surface area contributed by atoms with Gasteiger partial charge in [0.05, 0.1) is 5.69 Å². The summed E-state index contributed by atoms with van der Waals surface area (Å²) in [5, 5.41) is 0. The standard InChI is InChI=1S/C27H32N4O/c1-4-19-10-12-20(13-11-19)17-30-22-14-15-23(30)18-31-24(16-22)25(27(32)29(2)3)28-26(31)21-8-6-5-7-9-21/h5-13,22-23H,4,14-18H2,1-3H3/t22-,23+/m0/s1. The molecule has 1 fully saturated rings. The van der Waals surface area contributed by atoms with Crippen LogP contribution < -0.4 is 0 Å². The monoisotopic (exact) mass is 428 g/mol. The van der Waals surface area contributed by atoms with Crippen molar-refractivity contribution in [2.45, 2.75) is 57.8 Å². The Labute approximate surface area is 190 Å². The summed E-state index contributed by atoms with van der Waals surface area (Å²) in [7, 11) is 3.62. The molecule has 2 atom stereocenters. The second-order valence-electron chi connectivity index (χ2n) is 9.34. The van der Waals surface area contributed by atoms with E-state index in [0.29, 0.717) is 17.8 Å². The van der Waals surface area contributed by atoms with Gasteiger partial charge in [0.2, 0.25) is 0 Å². The molecule has 3 heterocycles. The fraction of sp³-hybridized carbons (Fsp3) is 0.407. The molecule has 0 N–H and O–H groups in total. The Bertz CT molecular complexity index is 1100. The first-order valence-electron chi connectivity index (χ1n) is 11.7. The summed E-state index contributed by atoms with van der Waals surface area (Å²) in [6, 6.07) is 20.3. The molecule has 2 aliphatic heterocycles. The van der Waals surface area contributed by atoms with E-state index in [1.54, 1.807) is 4.90 Å². The molecule has 1 aromatic heterocycles. The van der Waals surface area contributed by atoms with Crippen molar-refractivity contribution in [3.8, 4) is 11.4 Å². The van der Waals surface area contributed by atoms with Gasteiger partial charge in [-0.3, -0.25) is 9.69 Å². The van der Waals surface area contributed by atoms with Crippen LogP contribution in [-0.4, -0.2) is 51.4 Å². The molecule has 1 saturated heterocycles. The number of amides is 1. The first-order chi connectivity index (χ1) is 15.5. The van der Waals surface area contributed by atoms with Crippen LogP contribution in [0.25, 0.3) is 11.4 Å². The van der Waals surface area contributed by atoms with Crippen molar-refractivity contribution < 1.29 is 4.79 Å². The molecule has 0 unspecified atom stereocenters. The smallest absolute Gasteiger partial charge is 0.273 e. The number of carbonyl (C=O) groups is 1. The molecule has 0 spiro atoms. The largest absolute Gasteiger partial charge is 0.343 e. The maximum absolute atomic E-state index is 13.0. The lowest BCUT2D eigenvalue weighted by molar-refractivity contribution is 0.0821. The lowest BCUT2D eigenvalue weighted by atomic mass is 10.0. The molecule has 5 heteroatoms. The van der Waals surface area contributed by atoms with E-state index in [2.05, 4.69) is 52.8 Å². The van der Waals surface area contributed by atoms with Crippen LogP contribution in [0.4, 0.5) is 0 Å². The Morgan fingerprint density at radius 2 is 1.69 bits per heavy atom. The van der Waals surface area contributed by atoms with Crippen LogP contribution in [0.15, 0.2) is 54.6 Å². The summed E-state index contributed by atoms with van der Waals surface area (Å²) in [6.45, 7) is 4.05. The number of fused-ring (bicyclic) bond motifs is 3. The third kappa shape index (κ3) is 3.75. The highest BCUT2D eigenvalue weighted by molar-refractivity contribution is 5.94. The molecular weight excluding hydrogens is 396 g/mol. The van der Waals surface area contributed by atoms with Crippen LogP contribution in [0.2, 0.25) is 0 Å². The normalized spacial score (nSPS) is 20.1. The number of benzene rings is 2. The predicted molar refractivity (Wildman–Crippen MR) is 128 cm³/mol. The average Bonchev–Trinajstić information content (AvgIpc) is 3.30. The molecule has 2 bridgehead atoms. The van der Waals surface area contributed by atoms with E-state index in [1.165, 1.54) is 24.0 Å². The van der Waals surface area contributed by atoms with Gasteiger partial charge < -0.3 is 9.47 Å². The van der Waals surface area contributed by atoms with Crippen LogP contribution in [0.3, 0.4) is 0 Å². The Kier molecular flexibility index (Phi) is 5.60. The van der Waals surface area contributed by atoms with E-state index in [0.717, 1.165) is 43.0 Å². The van der Waals surface area contributed by atoms with Crippen LogP contribution in [0.1, 0.15) is 47.1 Å². The predicted octanol–water partition coefficient (Wildman–Crippen LogP) is 4.40. The summed E-state index contributed by atoms with van der Waals surface area (Å²) in [5.74, 6) is 0.918. The van der Waals surface area contributed by atoms with Crippen molar-refractivity contribution in [2.24, 2.45) is 0 Å². The average molecular weight is 429 g/mol. The summed E-state index contributed by atoms with van der Waals surface area (Å²) >= 11 is 0. The Morgan fingerprint density at radius 3 is 2.38 bits per heavy atom. The van der Waals surface area contributed by atoms with E-state index < -0.39 is 0 Å². The van der Waals surface area contributed by atoms with Gasteiger partial charge in [0, 0.05) is 51.3 Å². The number of hydrogen-bond acceptors (Lipinski definition) is 3. The van der Waals surface area contributed by atoms with Crippen molar-refractivity contribution in [1.29, 1.82) is 0 Å². The Balaban J connectivity index is 1.51. The van der Waals surface area contributed by atoms with E-state index in [4.69, 9.17) is 4.98 Å². The summed E-state index contributed by atoms with van der Waals surface area (Å²) in [6.07, 6.45) is 4.32. The quantitative estimate of drug-likeness (QED) is 0.605. The molecule has 166 valence electrons. The molecule has 0 aliphatic carbocycles. The van der Waals surface area contributed by atoms with Gasteiger partial charge in [-0.25, -0.2) is 4.98 Å². The summed E-state index contributed by atoms with van der Waals surface area (Å²) < 4.78 is 2.34. The van der Waals surface area contributed by atoms with E-state index in [9.17, 15) is 4.79 Å². The third-order valence-electron chi connectivity index (χ3n) is 7.10. The van der Waals surface area contributed by atoms with Gasteiger partial charge in [-0.2, -0.15) is 0 Å². The molecule has 5 nitrogen and oxygen atoms in total. The van der Waals surface area contributed by atoms with Crippen molar-refractivity contribution >= 4 is 5.91 Å². The minimum Gasteiger partial charge on any atom is -0.343 e. The Hall–Kier alpha value is -2.92. The van der Waals surface area contributed by atoms with Crippen molar-refractivity contribution in [2.75, 3.05) is 14.1 Å². The number of rotatable bonds is 5. The van der Waals surface area contributed by atoms with Gasteiger partial charge in [-0.15, -0.1) is 0 Å². The zero-order valence-corrected chi connectivity index (χ0v) is 19.3. The number of aromatic nitrogens is 2. The van der Waals surface area contributed by atoms with Crippen molar-refractivity contribution in [3.05, 3.63) is 77.1 Å². The van der Waals surface area contributed by atoms with Gasteiger partial charge >= 0.3 is 0 Å². The van der Waals surface area contributed by atoms with Crippen LogP contribution >= 0.6 is 0 Å². The maximum Gasteiger partial charge on any atom is 0.273 e.